The quantitative estimate of drug-likeness (QED) is 0.474. The van der Waals surface area contributed by atoms with E-state index in [2.05, 4.69) is 31.7 Å². The minimum Gasteiger partial charge on any atom is -0.477 e. The van der Waals surface area contributed by atoms with Gasteiger partial charge in [-0.3, -0.25) is 9.91 Å². The zero-order chi connectivity index (χ0) is 21.7. The Bertz CT molecular complexity index is 842. The van der Waals surface area contributed by atoms with Gasteiger partial charge in [0.05, 0.1) is 28.6 Å². The van der Waals surface area contributed by atoms with Crippen LogP contribution in [0.2, 0.25) is 0 Å². The fourth-order valence-electron chi connectivity index (χ4n) is 3.69. The first kappa shape index (κ1) is 22.4. The fourth-order valence-corrected chi connectivity index (χ4v) is 4.64. The molecule has 1 aliphatic rings. The molecule has 8 nitrogen and oxygen atoms in total. The lowest BCUT2D eigenvalue weighted by molar-refractivity contribution is 0.104. The number of thiazole rings is 1. The molecule has 0 aromatic carbocycles. The largest absolute Gasteiger partial charge is 0.477 e. The van der Waals surface area contributed by atoms with Crippen LogP contribution in [0.4, 0.5) is 14.6 Å². The van der Waals surface area contributed by atoms with Crippen molar-refractivity contribution in [1.29, 1.82) is 0 Å². The lowest BCUT2D eigenvalue weighted by Crippen LogP contribution is -2.41. The minimum atomic E-state index is -2.58. The van der Waals surface area contributed by atoms with Crippen molar-refractivity contribution in [1.82, 2.24) is 19.9 Å². The van der Waals surface area contributed by atoms with E-state index >= 15 is 0 Å². The van der Waals surface area contributed by atoms with Crippen LogP contribution in [0.1, 0.15) is 41.4 Å². The molecule has 0 bridgehead atoms. The van der Waals surface area contributed by atoms with Crippen molar-refractivity contribution in [2.75, 3.05) is 38.3 Å². The Labute approximate surface area is 178 Å². The van der Waals surface area contributed by atoms with Crippen molar-refractivity contribution in [3.05, 3.63) is 28.0 Å². The van der Waals surface area contributed by atoms with Gasteiger partial charge in [0.1, 0.15) is 12.0 Å². The van der Waals surface area contributed by atoms with Crippen molar-refractivity contribution in [2.45, 2.75) is 32.2 Å². The molecule has 2 N–H and O–H groups in total. The van der Waals surface area contributed by atoms with E-state index in [-0.39, 0.29) is 18.3 Å². The van der Waals surface area contributed by atoms with Crippen LogP contribution in [0.25, 0.3) is 0 Å². The normalized spacial score (nSPS) is 16.6. The molecule has 3 rings (SSSR count). The van der Waals surface area contributed by atoms with Crippen LogP contribution in [-0.2, 0) is 0 Å². The highest BCUT2D eigenvalue weighted by atomic mass is 32.1. The van der Waals surface area contributed by atoms with Gasteiger partial charge in [-0.05, 0) is 38.8 Å². The van der Waals surface area contributed by atoms with Gasteiger partial charge in [0.2, 0.25) is 5.88 Å². The van der Waals surface area contributed by atoms with E-state index in [0.29, 0.717) is 29.1 Å². The summed E-state index contributed by atoms with van der Waals surface area (Å²) in [4.78, 5) is 15.0. The van der Waals surface area contributed by atoms with E-state index in [4.69, 9.17) is 10.5 Å². The number of likely N-dealkylation sites (tertiary alicyclic amines) is 1. The van der Waals surface area contributed by atoms with Crippen LogP contribution in [0.3, 0.4) is 0 Å². The molecule has 2 aromatic heterocycles. The van der Waals surface area contributed by atoms with Gasteiger partial charge in [0, 0.05) is 20.3 Å². The van der Waals surface area contributed by atoms with Crippen LogP contribution in [0.15, 0.2) is 16.9 Å². The molecule has 0 spiro atoms. The number of hydrazone groups is 1. The number of alkyl halides is 2. The molecular weight excluding hydrogens is 412 g/mol. The zero-order valence-corrected chi connectivity index (χ0v) is 18.0. The number of halogens is 2. The highest BCUT2D eigenvalue weighted by molar-refractivity contribution is 7.09. The SMILES string of the molecule is C=NN(C)c1ncnc(OCC2CCN(C(CN)c3scnc3C(F)F)CC2)c1C. The van der Waals surface area contributed by atoms with Crippen LogP contribution < -0.4 is 15.5 Å². The molecular formula is C19H27F2N7OS. The smallest absolute Gasteiger partial charge is 0.281 e. The highest BCUT2D eigenvalue weighted by Crippen LogP contribution is 2.34. The van der Waals surface area contributed by atoms with Crippen molar-refractivity contribution in [2.24, 2.45) is 16.8 Å². The molecule has 0 amide bonds. The maximum Gasteiger partial charge on any atom is 0.281 e. The molecule has 1 saturated heterocycles. The summed E-state index contributed by atoms with van der Waals surface area (Å²) in [5.41, 5.74) is 8.07. The number of nitrogens with zero attached hydrogens (tertiary/aromatic N) is 6. The Kier molecular flexibility index (Phi) is 7.62. The molecule has 0 aliphatic carbocycles. The molecule has 1 unspecified atom stereocenters. The van der Waals surface area contributed by atoms with Gasteiger partial charge in [0.25, 0.3) is 6.43 Å². The second-order valence-electron chi connectivity index (χ2n) is 7.24. The average molecular weight is 440 g/mol. The number of anilines is 1. The van der Waals surface area contributed by atoms with Crippen molar-refractivity contribution < 1.29 is 13.5 Å². The Hall–Kier alpha value is -2.24. The molecule has 11 heteroatoms. The maximum atomic E-state index is 13.2. The van der Waals surface area contributed by atoms with E-state index in [9.17, 15) is 8.78 Å². The van der Waals surface area contributed by atoms with E-state index in [1.807, 2.05) is 6.92 Å². The van der Waals surface area contributed by atoms with Gasteiger partial charge in [-0.25, -0.2) is 23.7 Å². The maximum absolute atomic E-state index is 13.2. The highest BCUT2D eigenvalue weighted by Gasteiger charge is 2.30. The van der Waals surface area contributed by atoms with Gasteiger partial charge >= 0.3 is 0 Å². The van der Waals surface area contributed by atoms with E-state index in [1.54, 1.807) is 12.1 Å². The third kappa shape index (κ3) is 4.90. The predicted octanol–water partition coefficient (Wildman–Crippen LogP) is 3.02. The molecule has 30 heavy (non-hydrogen) atoms. The van der Waals surface area contributed by atoms with E-state index in [1.165, 1.54) is 23.2 Å². The second kappa shape index (κ2) is 10.2. The van der Waals surface area contributed by atoms with Crippen molar-refractivity contribution >= 4 is 23.9 Å². The topological polar surface area (TPSA) is 92.8 Å². The summed E-state index contributed by atoms with van der Waals surface area (Å²) in [7, 11) is 1.76. The van der Waals surface area contributed by atoms with Gasteiger partial charge in [-0.2, -0.15) is 5.10 Å². The first-order valence-corrected chi connectivity index (χ1v) is 10.6. The number of nitrogens with two attached hydrogens (primary N) is 1. The molecule has 1 fully saturated rings. The Morgan fingerprint density at radius 2 is 2.10 bits per heavy atom. The van der Waals surface area contributed by atoms with Crippen LogP contribution in [0.5, 0.6) is 5.88 Å². The molecule has 3 heterocycles. The molecule has 0 radical (unpaired) electrons. The second-order valence-corrected chi connectivity index (χ2v) is 8.12. The summed E-state index contributed by atoms with van der Waals surface area (Å²) >= 11 is 1.25. The summed E-state index contributed by atoms with van der Waals surface area (Å²) in [5.74, 6) is 1.53. The molecule has 1 aliphatic heterocycles. The third-order valence-corrected chi connectivity index (χ3v) is 6.38. The number of hydrogen-bond acceptors (Lipinski definition) is 9. The summed E-state index contributed by atoms with van der Waals surface area (Å²) in [5, 5.41) is 5.42. The van der Waals surface area contributed by atoms with Gasteiger partial charge in [-0.1, -0.05) is 0 Å². The Morgan fingerprint density at radius 3 is 2.73 bits per heavy atom. The fraction of sp³-hybridized carbons (Fsp3) is 0.579. The summed E-state index contributed by atoms with van der Waals surface area (Å²) in [6, 6.07) is -0.225. The van der Waals surface area contributed by atoms with Crippen molar-refractivity contribution in [3.63, 3.8) is 0 Å². The molecule has 0 saturated carbocycles. The third-order valence-electron chi connectivity index (χ3n) is 5.43. The van der Waals surface area contributed by atoms with Crippen molar-refractivity contribution in [3.8, 4) is 5.88 Å². The zero-order valence-electron chi connectivity index (χ0n) is 17.2. The molecule has 2 aromatic rings. The van der Waals surface area contributed by atoms with Crippen LogP contribution in [-0.4, -0.2) is 59.9 Å². The van der Waals surface area contributed by atoms with Crippen LogP contribution in [0, 0.1) is 12.8 Å². The number of aromatic nitrogens is 3. The number of ether oxygens (including phenoxy) is 1. The van der Waals surface area contributed by atoms with Gasteiger partial charge in [-0.15, -0.1) is 11.3 Å². The van der Waals surface area contributed by atoms with Crippen LogP contribution >= 0.6 is 11.3 Å². The first-order valence-electron chi connectivity index (χ1n) is 9.76. The first-order chi connectivity index (χ1) is 14.5. The Balaban J connectivity index is 1.57. The van der Waals surface area contributed by atoms with Gasteiger partial charge < -0.3 is 10.5 Å². The predicted molar refractivity (Wildman–Crippen MR) is 113 cm³/mol. The minimum absolute atomic E-state index is 0.144. The summed E-state index contributed by atoms with van der Waals surface area (Å²) < 4.78 is 32.4. The number of rotatable bonds is 9. The summed E-state index contributed by atoms with van der Waals surface area (Å²) in [6.45, 7) is 7.76. The van der Waals surface area contributed by atoms with Gasteiger partial charge in [0.15, 0.2) is 5.82 Å². The number of piperidine rings is 1. The Morgan fingerprint density at radius 1 is 1.37 bits per heavy atom. The number of hydrogen-bond donors (Lipinski definition) is 1. The summed E-state index contributed by atoms with van der Waals surface area (Å²) in [6.07, 6.45) is 0.653. The lowest BCUT2D eigenvalue weighted by Gasteiger charge is -2.36. The average Bonchev–Trinajstić information content (AvgIpc) is 3.24. The standard InChI is InChI=1S/C19H27F2N7OS/c1-12-18(27(3)23-2)24-10-25-19(12)29-9-13-4-6-28(7-5-13)14(8-22)16-15(17(20)21)26-11-30-16/h10-11,13-14,17H,2,4-9,22H2,1,3H3. The van der Waals surface area contributed by atoms with E-state index < -0.39 is 6.43 Å². The molecule has 164 valence electrons. The molecule has 1 atom stereocenters. The van der Waals surface area contributed by atoms with E-state index in [0.717, 1.165) is 31.5 Å². The monoisotopic (exact) mass is 439 g/mol. The lowest BCUT2D eigenvalue weighted by atomic mass is 9.96.